The van der Waals surface area contributed by atoms with Gasteiger partial charge in [0.15, 0.2) is 55.4 Å². The van der Waals surface area contributed by atoms with Crippen molar-refractivity contribution in [3.05, 3.63) is 69.8 Å². The van der Waals surface area contributed by atoms with Crippen molar-refractivity contribution in [1.29, 1.82) is 0 Å². The Morgan fingerprint density at radius 1 is 0.554 bits per heavy atom. The molecule has 10 aliphatic rings. The highest BCUT2D eigenvalue weighted by Gasteiger charge is 2.85. The molecule has 4 saturated heterocycles. The number of benzene rings is 2. The first-order valence-corrected chi connectivity index (χ1v) is 19.8. The van der Waals surface area contributed by atoms with Crippen LogP contribution in [-0.2, 0) is 19.2 Å². The van der Waals surface area contributed by atoms with E-state index >= 15 is 0 Å². The molecule has 0 unspecified atom stereocenters. The standard InChI is InChI=1S/2C20H18O7S/c2*1-2-17-7-12(23)20(27)18(26,8-17)6-11(22)14-15(24)13-9(4-3-5-10(13)21)16(25)19(14,20)28-17/h2*3-5,21,24,26-27H,2,6-8H2,1H3/t2*17-,18+,19+,20-/m11/s1. The number of fused-ring (bicyclic) bond motifs is 4. The first kappa shape index (κ1) is 37.3. The molecule has 8 fully saturated rings. The SMILES string of the molecule is CC[C@]12CC(=O)[C@@]3(O)[C@](O)(CC(=O)C4=C(O)c5c(O)cccc5C(=O)[C@@]43S1)C2.CC[C@]12CC(=O)[C@@]3(O)[C@](O)(CC(=O)C4=C(O)c5c(O)cccc5C(=O)[C@@]43S1)C2. The van der Waals surface area contributed by atoms with Crippen LogP contribution in [0.4, 0.5) is 0 Å². The second-order valence-electron chi connectivity index (χ2n) is 16.4. The summed E-state index contributed by atoms with van der Waals surface area (Å²) in [5.74, 6) is -6.32. The number of phenolic OH excluding ortho intramolecular Hbond substituents is 2. The zero-order valence-electron chi connectivity index (χ0n) is 30.0. The third kappa shape index (κ3) is 3.73. The van der Waals surface area contributed by atoms with Gasteiger partial charge in [0.1, 0.15) is 34.2 Å². The van der Waals surface area contributed by atoms with Gasteiger partial charge < -0.3 is 40.9 Å². The van der Waals surface area contributed by atoms with E-state index in [-0.39, 0.29) is 59.4 Å². The average molecular weight is 805 g/mol. The van der Waals surface area contributed by atoms with E-state index in [0.29, 0.717) is 12.8 Å². The number of carbonyl (C=O) groups excluding carboxylic acids is 6. The molecule has 2 aromatic rings. The van der Waals surface area contributed by atoms with Crippen molar-refractivity contribution in [2.45, 2.75) is 107 Å². The molecule has 4 aliphatic heterocycles. The van der Waals surface area contributed by atoms with Gasteiger partial charge in [0.2, 0.25) is 0 Å². The Hall–Kier alpha value is -4.32. The molecule has 14 nitrogen and oxygen atoms in total. The van der Waals surface area contributed by atoms with Crippen LogP contribution >= 0.6 is 23.5 Å². The van der Waals surface area contributed by atoms with Gasteiger partial charge in [-0.3, -0.25) is 28.8 Å². The number of hydrogen-bond acceptors (Lipinski definition) is 16. The molecule has 16 heteroatoms. The molecule has 12 rings (SSSR count). The summed E-state index contributed by atoms with van der Waals surface area (Å²) < 4.78 is -5.95. The lowest BCUT2D eigenvalue weighted by Gasteiger charge is -2.68. The fourth-order valence-corrected chi connectivity index (χ4v) is 15.8. The number of Topliss-reactive ketones (excluding diaryl/α,β-unsaturated/α-hetero) is 6. The predicted octanol–water partition coefficient (Wildman–Crippen LogP) is 2.58. The Morgan fingerprint density at radius 3 is 1.25 bits per heavy atom. The molecular weight excluding hydrogens is 769 g/mol. The third-order valence-corrected chi connectivity index (χ3v) is 17.7. The summed E-state index contributed by atoms with van der Waals surface area (Å²) in [7, 11) is 0. The van der Waals surface area contributed by atoms with Gasteiger partial charge in [0.05, 0.1) is 22.3 Å². The Labute approximate surface area is 326 Å². The van der Waals surface area contributed by atoms with Crippen LogP contribution in [0.1, 0.15) is 97.1 Å². The molecule has 292 valence electrons. The lowest BCUT2D eigenvalue weighted by atomic mass is 9.50. The quantitative estimate of drug-likeness (QED) is 0.217. The van der Waals surface area contributed by atoms with E-state index in [1.165, 1.54) is 36.4 Å². The first-order chi connectivity index (χ1) is 26.1. The van der Waals surface area contributed by atoms with Crippen LogP contribution in [0.3, 0.4) is 0 Å². The Kier molecular flexibility index (Phi) is 7.18. The van der Waals surface area contributed by atoms with E-state index in [0.717, 1.165) is 23.5 Å². The van der Waals surface area contributed by atoms with Gasteiger partial charge >= 0.3 is 0 Å². The van der Waals surface area contributed by atoms with Crippen molar-refractivity contribution >= 4 is 69.7 Å². The first-order valence-electron chi connectivity index (χ1n) is 18.2. The second-order valence-corrected chi connectivity index (χ2v) is 19.7. The van der Waals surface area contributed by atoms with E-state index in [4.69, 9.17) is 0 Å². The zero-order valence-corrected chi connectivity index (χ0v) is 31.6. The molecule has 8 N–H and O–H groups in total. The van der Waals surface area contributed by atoms with Gasteiger partial charge in [-0.15, -0.1) is 23.5 Å². The smallest absolute Gasteiger partial charge is 0.188 e. The second kappa shape index (κ2) is 10.8. The lowest BCUT2D eigenvalue weighted by Crippen LogP contribution is -2.85. The Balaban J connectivity index is 0.000000146. The third-order valence-electron chi connectivity index (χ3n) is 13.7. The maximum Gasteiger partial charge on any atom is 0.188 e. The molecule has 56 heavy (non-hydrogen) atoms. The monoisotopic (exact) mass is 804 g/mol. The van der Waals surface area contributed by atoms with E-state index in [2.05, 4.69) is 0 Å². The maximum absolute atomic E-state index is 13.7. The number of aromatic hydroxyl groups is 2. The number of hydrogen-bond donors (Lipinski definition) is 8. The molecule has 2 aromatic carbocycles. The maximum atomic E-state index is 13.7. The van der Waals surface area contributed by atoms with Crippen molar-refractivity contribution in [2.24, 2.45) is 0 Å². The van der Waals surface area contributed by atoms with Gasteiger partial charge in [-0.2, -0.15) is 0 Å². The highest BCUT2D eigenvalue weighted by atomic mass is 32.2. The molecule has 8 atom stereocenters. The van der Waals surface area contributed by atoms with Crippen molar-refractivity contribution in [3.8, 4) is 11.5 Å². The van der Waals surface area contributed by atoms with Gasteiger partial charge in [0, 0.05) is 46.3 Å². The van der Waals surface area contributed by atoms with Gasteiger partial charge in [0.25, 0.3) is 0 Å². The number of rotatable bonds is 2. The van der Waals surface area contributed by atoms with Gasteiger partial charge in [-0.1, -0.05) is 38.1 Å². The Bertz CT molecular complexity index is 2260. The van der Waals surface area contributed by atoms with Crippen LogP contribution in [0.5, 0.6) is 11.5 Å². The summed E-state index contributed by atoms with van der Waals surface area (Å²) in [5.41, 5.74) is -10.6. The fourth-order valence-electron chi connectivity index (χ4n) is 11.2. The van der Waals surface area contributed by atoms with E-state index < -0.39 is 112 Å². The molecular formula is C40H36O14S2. The Morgan fingerprint density at radius 2 is 0.911 bits per heavy atom. The topological polar surface area (TPSA) is 264 Å². The number of aliphatic hydroxyl groups excluding tert-OH is 2. The minimum atomic E-state index is -2.53. The largest absolute Gasteiger partial charge is 0.507 e. The summed E-state index contributed by atoms with van der Waals surface area (Å²) in [6.07, 6.45) is -0.327. The fraction of sp³-hybridized carbons (Fsp3) is 0.450. The van der Waals surface area contributed by atoms with Crippen LogP contribution in [0.15, 0.2) is 47.5 Å². The summed E-state index contributed by atoms with van der Waals surface area (Å²) in [5, 5.41) is 88.1. The van der Waals surface area contributed by atoms with Gasteiger partial charge in [-0.05, 0) is 37.8 Å². The molecule has 6 aliphatic carbocycles. The minimum absolute atomic E-state index is 0.00507. The van der Waals surface area contributed by atoms with Crippen molar-refractivity contribution in [2.75, 3.05) is 0 Å². The van der Waals surface area contributed by atoms with E-state index in [1.54, 1.807) is 0 Å². The normalized spacial score (nSPS) is 41.2. The molecule has 2 spiro atoms. The molecule has 4 heterocycles. The molecule has 0 amide bonds. The highest BCUT2D eigenvalue weighted by molar-refractivity contribution is 8.03. The highest BCUT2D eigenvalue weighted by Crippen LogP contribution is 2.73. The number of ketones is 6. The van der Waals surface area contributed by atoms with Crippen LogP contribution < -0.4 is 0 Å². The number of thioether (sulfide) groups is 2. The van der Waals surface area contributed by atoms with E-state index in [9.17, 15) is 69.6 Å². The van der Waals surface area contributed by atoms with Crippen LogP contribution in [0.25, 0.3) is 11.5 Å². The summed E-state index contributed by atoms with van der Waals surface area (Å²) in [6, 6.07) is 8.10. The molecule has 0 aromatic heterocycles. The number of aliphatic hydroxyl groups is 6. The molecule has 8 bridgehead atoms. The molecule has 0 radical (unpaired) electrons. The average Bonchev–Trinajstić information content (AvgIpc) is 3.11. The van der Waals surface area contributed by atoms with Crippen molar-refractivity contribution in [3.63, 3.8) is 0 Å². The van der Waals surface area contributed by atoms with Crippen molar-refractivity contribution < 1.29 is 69.6 Å². The summed E-state index contributed by atoms with van der Waals surface area (Å²) in [6.45, 7) is 3.65. The lowest BCUT2D eigenvalue weighted by molar-refractivity contribution is -0.205. The zero-order chi connectivity index (χ0) is 40.6. The number of carbonyl (C=O) groups is 6. The van der Waals surface area contributed by atoms with Gasteiger partial charge in [-0.25, -0.2) is 0 Å². The minimum Gasteiger partial charge on any atom is -0.507 e. The van der Waals surface area contributed by atoms with Crippen molar-refractivity contribution in [1.82, 2.24) is 0 Å². The molecule has 4 saturated carbocycles. The van der Waals surface area contributed by atoms with Crippen LogP contribution in [0.2, 0.25) is 0 Å². The predicted molar refractivity (Wildman–Crippen MR) is 198 cm³/mol. The van der Waals surface area contributed by atoms with E-state index in [1.807, 2.05) is 13.8 Å². The van der Waals surface area contributed by atoms with Crippen LogP contribution in [-0.4, -0.2) is 117 Å². The summed E-state index contributed by atoms with van der Waals surface area (Å²) >= 11 is 2.00. The van der Waals surface area contributed by atoms with Crippen LogP contribution in [0, 0.1) is 0 Å². The number of phenols is 2. The summed E-state index contributed by atoms with van der Waals surface area (Å²) in [4.78, 5) is 79.6.